The number of aromatic nitrogens is 1. The Bertz CT molecular complexity index is 186. The van der Waals surface area contributed by atoms with Crippen LogP contribution in [0, 0.1) is 6.92 Å². The van der Waals surface area contributed by atoms with Gasteiger partial charge in [0.05, 0.1) is 0 Å². The Hall–Kier alpha value is -0.980. The van der Waals surface area contributed by atoms with Crippen LogP contribution >= 0.6 is 0 Å². The minimum Gasteiger partial charge on any atom is -0.361 e. The normalized spacial score (nSPS) is 9.12. The summed E-state index contributed by atoms with van der Waals surface area (Å²) in [5.41, 5.74) is 2.37. The SMILES string of the molecule is C=Cc1[nH]ccc1C. The summed E-state index contributed by atoms with van der Waals surface area (Å²) in [6, 6.07) is 2.02. The standard InChI is InChI=1S/C7H9N/c1-3-7-6(2)4-5-8-7/h3-5,8H,1H2,2H3. The smallest absolute Gasteiger partial charge is 0.0404 e. The minimum absolute atomic E-state index is 1.12. The van der Waals surface area contributed by atoms with Crippen molar-refractivity contribution in [3.05, 3.63) is 30.1 Å². The summed E-state index contributed by atoms with van der Waals surface area (Å²) in [6.45, 7) is 5.68. The fraction of sp³-hybridized carbons (Fsp3) is 0.143. The quantitative estimate of drug-likeness (QED) is 0.564. The zero-order valence-electron chi connectivity index (χ0n) is 4.94. The van der Waals surface area contributed by atoms with Crippen molar-refractivity contribution in [3.8, 4) is 0 Å². The van der Waals surface area contributed by atoms with Crippen LogP contribution in [0.2, 0.25) is 0 Å². The third-order valence-electron chi connectivity index (χ3n) is 1.20. The summed E-state index contributed by atoms with van der Waals surface area (Å²) >= 11 is 0. The maximum atomic E-state index is 3.63. The van der Waals surface area contributed by atoms with E-state index in [1.165, 1.54) is 5.56 Å². The van der Waals surface area contributed by atoms with Crippen molar-refractivity contribution in [1.29, 1.82) is 0 Å². The molecule has 0 amide bonds. The first-order valence-corrected chi connectivity index (χ1v) is 2.61. The zero-order chi connectivity index (χ0) is 5.98. The molecule has 0 spiro atoms. The van der Waals surface area contributed by atoms with Crippen molar-refractivity contribution >= 4 is 6.08 Å². The molecule has 0 bridgehead atoms. The van der Waals surface area contributed by atoms with Gasteiger partial charge in [0.1, 0.15) is 0 Å². The van der Waals surface area contributed by atoms with E-state index in [0.29, 0.717) is 0 Å². The predicted octanol–water partition coefficient (Wildman–Crippen LogP) is 1.97. The molecule has 0 fully saturated rings. The molecule has 1 nitrogen and oxygen atoms in total. The fourth-order valence-corrected chi connectivity index (χ4v) is 0.680. The van der Waals surface area contributed by atoms with E-state index in [1.54, 1.807) is 0 Å². The van der Waals surface area contributed by atoms with Crippen LogP contribution in [0.15, 0.2) is 18.8 Å². The van der Waals surface area contributed by atoms with Crippen molar-refractivity contribution < 1.29 is 0 Å². The molecule has 8 heavy (non-hydrogen) atoms. The summed E-state index contributed by atoms with van der Waals surface area (Å²) in [5.74, 6) is 0. The lowest BCUT2D eigenvalue weighted by Crippen LogP contribution is -1.70. The van der Waals surface area contributed by atoms with Crippen LogP contribution in [0.25, 0.3) is 6.08 Å². The average Bonchev–Trinajstić information content (AvgIpc) is 2.14. The molecule has 1 heteroatoms. The van der Waals surface area contributed by atoms with Crippen molar-refractivity contribution in [2.24, 2.45) is 0 Å². The van der Waals surface area contributed by atoms with Crippen LogP contribution in [0.5, 0.6) is 0 Å². The first kappa shape index (κ1) is 5.16. The van der Waals surface area contributed by atoms with Gasteiger partial charge in [0, 0.05) is 11.9 Å². The Kier molecular flexibility index (Phi) is 1.20. The van der Waals surface area contributed by atoms with Gasteiger partial charge in [0.25, 0.3) is 0 Å². The number of rotatable bonds is 1. The summed E-state index contributed by atoms with van der Waals surface area (Å²) in [5, 5.41) is 0. The van der Waals surface area contributed by atoms with E-state index in [2.05, 4.69) is 11.6 Å². The van der Waals surface area contributed by atoms with Crippen molar-refractivity contribution in [2.75, 3.05) is 0 Å². The molecule has 0 aliphatic rings. The molecule has 0 atom stereocenters. The maximum Gasteiger partial charge on any atom is 0.0404 e. The molecular weight excluding hydrogens is 98.1 g/mol. The molecule has 1 aromatic heterocycles. The average molecular weight is 107 g/mol. The topological polar surface area (TPSA) is 15.8 Å². The first-order valence-electron chi connectivity index (χ1n) is 2.61. The van der Waals surface area contributed by atoms with E-state index in [4.69, 9.17) is 0 Å². The number of aromatic amines is 1. The van der Waals surface area contributed by atoms with Crippen molar-refractivity contribution in [2.45, 2.75) is 6.92 Å². The second-order valence-corrected chi connectivity index (χ2v) is 1.78. The molecule has 0 aliphatic heterocycles. The maximum absolute atomic E-state index is 3.63. The van der Waals surface area contributed by atoms with E-state index in [1.807, 2.05) is 25.3 Å². The van der Waals surface area contributed by atoms with Crippen molar-refractivity contribution in [3.63, 3.8) is 0 Å². The lowest BCUT2D eigenvalue weighted by molar-refractivity contribution is 1.35. The molecule has 42 valence electrons. The summed E-state index contributed by atoms with van der Waals surface area (Å²) in [6.07, 6.45) is 3.72. The molecule has 1 rings (SSSR count). The van der Waals surface area contributed by atoms with Crippen LogP contribution in [0.4, 0.5) is 0 Å². The summed E-state index contributed by atoms with van der Waals surface area (Å²) in [4.78, 5) is 3.04. The molecule has 1 aromatic rings. The Balaban J connectivity index is 3.09. The van der Waals surface area contributed by atoms with Gasteiger partial charge in [-0.05, 0) is 24.6 Å². The van der Waals surface area contributed by atoms with Gasteiger partial charge in [-0.1, -0.05) is 6.58 Å². The van der Waals surface area contributed by atoms with E-state index in [9.17, 15) is 0 Å². The van der Waals surface area contributed by atoms with Gasteiger partial charge in [-0.15, -0.1) is 0 Å². The van der Waals surface area contributed by atoms with Gasteiger partial charge in [-0.2, -0.15) is 0 Å². The lowest BCUT2D eigenvalue weighted by atomic mass is 10.3. The Morgan fingerprint density at radius 2 is 2.50 bits per heavy atom. The van der Waals surface area contributed by atoms with Crippen LogP contribution in [-0.4, -0.2) is 4.98 Å². The van der Waals surface area contributed by atoms with Gasteiger partial charge in [0.15, 0.2) is 0 Å². The van der Waals surface area contributed by atoms with Gasteiger partial charge >= 0.3 is 0 Å². The third kappa shape index (κ3) is 0.668. The second-order valence-electron chi connectivity index (χ2n) is 1.78. The number of hydrogen-bond donors (Lipinski definition) is 1. The van der Waals surface area contributed by atoms with E-state index < -0.39 is 0 Å². The number of H-pyrrole nitrogens is 1. The van der Waals surface area contributed by atoms with Gasteiger partial charge < -0.3 is 4.98 Å². The second kappa shape index (κ2) is 1.86. The molecule has 0 saturated heterocycles. The highest BCUT2D eigenvalue weighted by molar-refractivity contribution is 5.46. The largest absolute Gasteiger partial charge is 0.361 e. The Morgan fingerprint density at radius 1 is 1.75 bits per heavy atom. The Labute approximate surface area is 49.0 Å². The van der Waals surface area contributed by atoms with Crippen LogP contribution in [-0.2, 0) is 0 Å². The minimum atomic E-state index is 1.12. The summed E-state index contributed by atoms with van der Waals surface area (Å²) in [7, 11) is 0. The van der Waals surface area contributed by atoms with Crippen LogP contribution < -0.4 is 0 Å². The number of aryl methyl sites for hydroxylation is 1. The monoisotopic (exact) mass is 107 g/mol. The van der Waals surface area contributed by atoms with Crippen molar-refractivity contribution in [1.82, 2.24) is 4.98 Å². The van der Waals surface area contributed by atoms with E-state index in [-0.39, 0.29) is 0 Å². The molecule has 0 saturated carbocycles. The van der Waals surface area contributed by atoms with Gasteiger partial charge in [-0.25, -0.2) is 0 Å². The first-order chi connectivity index (χ1) is 3.84. The van der Waals surface area contributed by atoms with Gasteiger partial charge in [-0.3, -0.25) is 0 Å². The molecule has 0 unspecified atom stereocenters. The summed E-state index contributed by atoms with van der Waals surface area (Å²) < 4.78 is 0. The van der Waals surface area contributed by atoms with Crippen LogP contribution in [0.3, 0.4) is 0 Å². The zero-order valence-corrected chi connectivity index (χ0v) is 4.94. The van der Waals surface area contributed by atoms with Crippen LogP contribution in [0.1, 0.15) is 11.3 Å². The molecule has 0 aliphatic carbocycles. The van der Waals surface area contributed by atoms with Gasteiger partial charge in [0.2, 0.25) is 0 Å². The highest BCUT2D eigenvalue weighted by atomic mass is 14.7. The fourth-order valence-electron chi connectivity index (χ4n) is 0.680. The van der Waals surface area contributed by atoms with E-state index in [0.717, 1.165) is 5.69 Å². The third-order valence-corrected chi connectivity index (χ3v) is 1.20. The molecule has 0 aromatic carbocycles. The van der Waals surface area contributed by atoms with E-state index >= 15 is 0 Å². The number of nitrogens with one attached hydrogen (secondary N) is 1. The molecule has 1 heterocycles. The Morgan fingerprint density at radius 3 is 2.75 bits per heavy atom. The number of hydrogen-bond acceptors (Lipinski definition) is 0. The predicted molar refractivity (Wildman–Crippen MR) is 35.6 cm³/mol. The lowest BCUT2D eigenvalue weighted by Gasteiger charge is -1.84. The highest BCUT2D eigenvalue weighted by Crippen LogP contribution is 2.03. The highest BCUT2D eigenvalue weighted by Gasteiger charge is 1.88. The molecule has 1 N–H and O–H groups in total. The molecule has 0 radical (unpaired) electrons. The molecular formula is C7H9N.